The Hall–Kier alpha value is -3.06. The van der Waals surface area contributed by atoms with Crippen LogP contribution in [0, 0.1) is 0 Å². The molecule has 0 fully saturated rings. The van der Waals surface area contributed by atoms with Crippen LogP contribution in [-0.2, 0) is 9.47 Å². The van der Waals surface area contributed by atoms with Crippen molar-refractivity contribution in [2.24, 2.45) is 0 Å². The molecular formula is C26H34N2O5. The molecule has 0 saturated carbocycles. The molecule has 3 rings (SSSR count). The zero-order valence-corrected chi connectivity index (χ0v) is 19.8. The summed E-state index contributed by atoms with van der Waals surface area (Å²) in [5, 5.41) is 12.5. The zero-order valence-electron chi connectivity index (χ0n) is 19.8. The Kier molecular flexibility index (Phi) is 7.97. The topological polar surface area (TPSA) is 88.1 Å². The lowest BCUT2D eigenvalue weighted by Crippen LogP contribution is -2.41. The van der Waals surface area contributed by atoms with Crippen LogP contribution in [-0.4, -0.2) is 60.6 Å². The number of aliphatic hydroxyl groups is 1. The second kappa shape index (κ2) is 10.7. The fourth-order valence-corrected chi connectivity index (χ4v) is 4.09. The van der Waals surface area contributed by atoms with Gasteiger partial charge in [-0.05, 0) is 55.9 Å². The van der Waals surface area contributed by atoms with Crippen LogP contribution in [0.25, 0.3) is 11.1 Å². The molecule has 0 aromatic heterocycles. The van der Waals surface area contributed by atoms with E-state index in [2.05, 4.69) is 29.6 Å². The predicted molar refractivity (Wildman–Crippen MR) is 127 cm³/mol. The first kappa shape index (κ1) is 24.6. The lowest BCUT2D eigenvalue weighted by Gasteiger charge is -2.27. The number of likely N-dealkylation sites (N-methyl/N-ethyl adjacent to an activating group) is 1. The van der Waals surface area contributed by atoms with Crippen molar-refractivity contribution in [1.82, 2.24) is 10.2 Å². The van der Waals surface area contributed by atoms with Gasteiger partial charge >= 0.3 is 12.2 Å². The highest BCUT2D eigenvalue weighted by Gasteiger charge is 2.30. The van der Waals surface area contributed by atoms with Crippen molar-refractivity contribution >= 4 is 12.2 Å². The number of rotatable bonds is 8. The van der Waals surface area contributed by atoms with E-state index in [4.69, 9.17) is 9.47 Å². The predicted octanol–water partition coefficient (Wildman–Crippen LogP) is 4.53. The molecular weight excluding hydrogens is 420 g/mol. The summed E-state index contributed by atoms with van der Waals surface area (Å²) >= 11 is 0. The Morgan fingerprint density at radius 3 is 2.18 bits per heavy atom. The first-order chi connectivity index (χ1) is 15.7. The number of fused-ring (bicyclic) bond motifs is 3. The number of aliphatic hydroxyl groups excluding tert-OH is 1. The third-order valence-electron chi connectivity index (χ3n) is 5.76. The Bertz CT molecular complexity index is 924. The molecule has 2 amide bonds. The van der Waals surface area contributed by atoms with Crippen molar-refractivity contribution in [2.75, 3.05) is 26.8 Å². The number of carbonyl (C=O) groups is 2. The third kappa shape index (κ3) is 6.26. The molecule has 2 aromatic carbocycles. The highest BCUT2D eigenvalue weighted by molar-refractivity contribution is 5.79. The van der Waals surface area contributed by atoms with E-state index < -0.39 is 23.8 Å². The van der Waals surface area contributed by atoms with E-state index in [-0.39, 0.29) is 19.1 Å². The minimum absolute atomic E-state index is 0.0136. The fourth-order valence-electron chi connectivity index (χ4n) is 4.09. The van der Waals surface area contributed by atoms with E-state index in [1.54, 1.807) is 27.8 Å². The summed E-state index contributed by atoms with van der Waals surface area (Å²) in [6, 6.07) is 16.0. The van der Waals surface area contributed by atoms with Crippen molar-refractivity contribution < 1.29 is 24.2 Å². The smallest absolute Gasteiger partial charge is 0.409 e. The summed E-state index contributed by atoms with van der Waals surface area (Å²) in [7, 11) is 1.63. The molecule has 0 unspecified atom stereocenters. The lowest BCUT2D eigenvalue weighted by molar-refractivity contribution is 0.0521. The van der Waals surface area contributed by atoms with E-state index in [1.165, 1.54) is 16.0 Å². The number of nitrogens with zero attached hydrogens (tertiary/aromatic N) is 1. The van der Waals surface area contributed by atoms with Gasteiger partial charge in [0.05, 0.1) is 12.6 Å². The summed E-state index contributed by atoms with van der Waals surface area (Å²) in [6.07, 6.45) is 0.155. The van der Waals surface area contributed by atoms with E-state index in [9.17, 15) is 14.7 Å². The Morgan fingerprint density at radius 2 is 1.64 bits per heavy atom. The largest absolute Gasteiger partial charge is 0.448 e. The van der Waals surface area contributed by atoms with Gasteiger partial charge in [-0.2, -0.15) is 0 Å². The Balaban J connectivity index is 1.51. The lowest BCUT2D eigenvalue weighted by atomic mass is 9.98. The number of nitrogens with one attached hydrogen (secondary N) is 1. The van der Waals surface area contributed by atoms with Crippen molar-refractivity contribution in [2.45, 2.75) is 51.2 Å². The number of alkyl carbamates (subject to hydrolysis) is 1. The van der Waals surface area contributed by atoms with Crippen molar-refractivity contribution in [1.29, 1.82) is 0 Å². The molecule has 7 heteroatoms. The number of carbonyl (C=O) groups excluding carboxylic acids is 2. The quantitative estimate of drug-likeness (QED) is 0.572. The summed E-state index contributed by atoms with van der Waals surface area (Å²) < 4.78 is 10.9. The van der Waals surface area contributed by atoms with E-state index in [0.29, 0.717) is 19.4 Å². The van der Waals surface area contributed by atoms with Crippen molar-refractivity contribution in [3.8, 4) is 11.1 Å². The van der Waals surface area contributed by atoms with Gasteiger partial charge < -0.3 is 24.8 Å². The van der Waals surface area contributed by atoms with Crippen LogP contribution < -0.4 is 5.32 Å². The molecule has 178 valence electrons. The molecule has 0 radical (unpaired) electrons. The van der Waals surface area contributed by atoms with Gasteiger partial charge in [0.2, 0.25) is 0 Å². The molecule has 0 bridgehead atoms. The van der Waals surface area contributed by atoms with Crippen LogP contribution in [0.15, 0.2) is 48.5 Å². The fraction of sp³-hybridized carbons (Fsp3) is 0.462. The summed E-state index contributed by atoms with van der Waals surface area (Å²) in [5.74, 6) is -0.0136. The van der Waals surface area contributed by atoms with Gasteiger partial charge in [0.1, 0.15) is 12.2 Å². The maximum absolute atomic E-state index is 12.7. The molecule has 1 aliphatic rings. The average molecular weight is 455 g/mol. The maximum Gasteiger partial charge on any atom is 0.409 e. The summed E-state index contributed by atoms with van der Waals surface area (Å²) in [5.41, 5.74) is 4.10. The first-order valence-electron chi connectivity index (χ1n) is 11.4. The van der Waals surface area contributed by atoms with Crippen molar-refractivity contribution in [3.05, 3.63) is 59.7 Å². The second-order valence-corrected chi connectivity index (χ2v) is 9.32. The number of benzene rings is 2. The number of amides is 2. The molecule has 1 atom stereocenters. The highest BCUT2D eigenvalue weighted by Crippen LogP contribution is 2.44. The number of hydrogen-bond donors (Lipinski definition) is 2. The number of hydrogen-bond acceptors (Lipinski definition) is 5. The maximum atomic E-state index is 12.7. The molecule has 7 nitrogen and oxygen atoms in total. The summed E-state index contributed by atoms with van der Waals surface area (Å²) in [6.45, 7) is 5.85. The van der Waals surface area contributed by atoms with Crippen molar-refractivity contribution in [3.63, 3.8) is 0 Å². The average Bonchev–Trinajstić information content (AvgIpc) is 3.10. The van der Waals surface area contributed by atoms with Gasteiger partial charge in [-0.25, -0.2) is 9.59 Å². The van der Waals surface area contributed by atoms with Gasteiger partial charge in [0.15, 0.2) is 0 Å². The van der Waals surface area contributed by atoms with E-state index >= 15 is 0 Å². The zero-order chi connectivity index (χ0) is 24.0. The Labute approximate surface area is 195 Å². The highest BCUT2D eigenvalue weighted by atomic mass is 16.6. The van der Waals surface area contributed by atoms with E-state index in [1.807, 2.05) is 24.3 Å². The molecule has 1 aliphatic carbocycles. The standard InChI is InChI=1S/C26H34N2O5/c1-26(2,3)33-24(30)27-15-9-10-18(16-29)28(4)25(31)32-17-23-21-13-7-5-11-19(21)20-12-6-8-14-22(20)23/h5-8,11-14,18,23,29H,9-10,15-17H2,1-4H3,(H,27,30)/t18-/m0/s1. The SMILES string of the molecule is CN(C(=O)OCC1c2ccccc2-c2ccccc21)[C@H](CO)CCCNC(=O)OC(C)(C)C. The van der Waals surface area contributed by atoms with Gasteiger partial charge in [0.25, 0.3) is 0 Å². The van der Waals surface area contributed by atoms with Crippen LogP contribution in [0.3, 0.4) is 0 Å². The first-order valence-corrected chi connectivity index (χ1v) is 11.4. The summed E-state index contributed by atoms with van der Waals surface area (Å²) in [4.78, 5) is 25.9. The second-order valence-electron chi connectivity index (χ2n) is 9.32. The minimum Gasteiger partial charge on any atom is -0.448 e. The van der Waals surface area contributed by atoms with Gasteiger partial charge in [0, 0.05) is 19.5 Å². The molecule has 0 heterocycles. The monoisotopic (exact) mass is 454 g/mol. The number of ether oxygens (including phenoxy) is 2. The minimum atomic E-state index is -0.554. The van der Waals surface area contributed by atoms with Gasteiger partial charge in [-0.3, -0.25) is 0 Å². The van der Waals surface area contributed by atoms with Gasteiger partial charge in [-0.1, -0.05) is 48.5 Å². The molecule has 0 saturated heterocycles. The molecule has 2 N–H and O–H groups in total. The molecule has 2 aromatic rings. The normalized spacial score (nSPS) is 13.6. The van der Waals surface area contributed by atoms with E-state index in [0.717, 1.165) is 11.1 Å². The van der Waals surface area contributed by atoms with Crippen LogP contribution in [0.2, 0.25) is 0 Å². The van der Waals surface area contributed by atoms with Crippen LogP contribution >= 0.6 is 0 Å². The van der Waals surface area contributed by atoms with Gasteiger partial charge in [-0.15, -0.1) is 0 Å². The Morgan fingerprint density at radius 1 is 1.06 bits per heavy atom. The third-order valence-corrected chi connectivity index (χ3v) is 5.76. The molecule has 0 spiro atoms. The molecule has 33 heavy (non-hydrogen) atoms. The van der Waals surface area contributed by atoms with Crippen LogP contribution in [0.5, 0.6) is 0 Å². The van der Waals surface area contributed by atoms with Crippen LogP contribution in [0.4, 0.5) is 9.59 Å². The molecule has 0 aliphatic heterocycles. The van der Waals surface area contributed by atoms with Crippen LogP contribution in [0.1, 0.15) is 50.7 Å².